The fraction of sp³-hybridized carbons (Fsp3) is 0.467. The lowest BCUT2D eigenvalue weighted by atomic mass is 10.1. The molecule has 0 radical (unpaired) electrons. The number of amides is 2. The van der Waals surface area contributed by atoms with Crippen LogP contribution in [0.3, 0.4) is 0 Å². The molecule has 0 aliphatic heterocycles. The Balaban J connectivity index is 0.00000211. The zero-order valence-electron chi connectivity index (χ0n) is 13.0. The molecule has 2 amide bonds. The largest absolute Gasteiger partial charge is 0.390 e. The zero-order valence-corrected chi connectivity index (χ0v) is 13.0. The van der Waals surface area contributed by atoms with Gasteiger partial charge >= 0.3 is 12.2 Å². The average Bonchev–Trinajstić information content (AvgIpc) is 2.48. The van der Waals surface area contributed by atoms with Gasteiger partial charge in [-0.1, -0.05) is 45.0 Å². The zero-order chi connectivity index (χ0) is 17.3. The van der Waals surface area contributed by atoms with Crippen molar-refractivity contribution in [3.63, 3.8) is 0 Å². The van der Waals surface area contributed by atoms with Crippen LogP contribution in [0, 0.1) is 5.41 Å². The van der Waals surface area contributed by atoms with E-state index in [4.69, 9.17) is 11.1 Å². The monoisotopic (exact) mass is 317 g/mol. The molecule has 22 heavy (non-hydrogen) atoms. The lowest BCUT2D eigenvalue weighted by Crippen LogP contribution is -2.42. The third kappa shape index (κ3) is 6.60. The van der Waals surface area contributed by atoms with Gasteiger partial charge in [-0.3, -0.25) is 10.3 Å². The number of nitrogens with one attached hydrogen (secondary N) is 1. The van der Waals surface area contributed by atoms with Gasteiger partial charge < -0.3 is 5.73 Å². The van der Waals surface area contributed by atoms with Crippen LogP contribution in [-0.4, -0.2) is 29.5 Å². The Bertz CT molecular complexity index is 484. The number of carbonyl (C=O) groups is 1. The molecular formula is C15H22F3N3O. The summed E-state index contributed by atoms with van der Waals surface area (Å²) in [5, 5.41) is 7.81. The summed E-state index contributed by atoms with van der Waals surface area (Å²) in [5.41, 5.74) is 6.42. The molecule has 0 fully saturated rings. The molecule has 0 saturated heterocycles. The standard InChI is InChI=1S/C13H16F3N3O.C2H6/c1-2-9-3-5-10(6-4-9)11(17)19(12(18)20)8-7-13(14,15)16;1-2/h3-6,17H,2,7-8H2,1H3,(H2,18,20);1-2H3. The summed E-state index contributed by atoms with van der Waals surface area (Å²) < 4.78 is 36.6. The molecule has 124 valence electrons. The summed E-state index contributed by atoms with van der Waals surface area (Å²) in [6.45, 7) is 5.30. The molecule has 0 spiro atoms. The number of aryl methyl sites for hydroxylation is 1. The van der Waals surface area contributed by atoms with Crippen molar-refractivity contribution in [2.75, 3.05) is 6.54 Å². The van der Waals surface area contributed by atoms with Crippen LogP contribution in [0.5, 0.6) is 0 Å². The fourth-order valence-corrected chi connectivity index (χ4v) is 1.62. The summed E-state index contributed by atoms with van der Waals surface area (Å²) >= 11 is 0. The Hall–Kier alpha value is -2.05. The van der Waals surface area contributed by atoms with Crippen LogP contribution in [0.2, 0.25) is 0 Å². The van der Waals surface area contributed by atoms with E-state index in [0.29, 0.717) is 10.5 Å². The van der Waals surface area contributed by atoms with Gasteiger partial charge in [-0.15, -0.1) is 0 Å². The summed E-state index contributed by atoms with van der Waals surface area (Å²) in [6.07, 6.45) is -4.80. The van der Waals surface area contributed by atoms with E-state index < -0.39 is 25.2 Å². The molecule has 0 aliphatic carbocycles. The Kier molecular flexibility index (Phi) is 8.22. The number of nitrogens with two attached hydrogens (primary N) is 1. The van der Waals surface area contributed by atoms with Crippen molar-refractivity contribution < 1.29 is 18.0 Å². The van der Waals surface area contributed by atoms with Crippen LogP contribution < -0.4 is 5.73 Å². The van der Waals surface area contributed by atoms with Crippen molar-refractivity contribution in [1.29, 1.82) is 5.41 Å². The number of rotatable bonds is 4. The van der Waals surface area contributed by atoms with Gasteiger partial charge in [0.25, 0.3) is 0 Å². The first-order valence-corrected chi connectivity index (χ1v) is 7.06. The van der Waals surface area contributed by atoms with Crippen LogP contribution in [-0.2, 0) is 6.42 Å². The summed E-state index contributed by atoms with van der Waals surface area (Å²) in [5.74, 6) is -0.329. The van der Waals surface area contributed by atoms with Gasteiger partial charge in [-0.2, -0.15) is 13.2 Å². The minimum Gasteiger partial charge on any atom is -0.351 e. The number of halogens is 3. The van der Waals surface area contributed by atoms with Gasteiger partial charge in [0, 0.05) is 12.1 Å². The predicted octanol–water partition coefficient (Wildman–Crippen LogP) is 3.93. The molecule has 0 unspecified atom stereocenters. The molecule has 0 bridgehead atoms. The number of primary amides is 1. The van der Waals surface area contributed by atoms with Gasteiger partial charge in [0.1, 0.15) is 5.84 Å². The number of urea groups is 1. The minimum absolute atomic E-state index is 0.329. The maximum absolute atomic E-state index is 12.2. The predicted molar refractivity (Wildman–Crippen MR) is 81.0 cm³/mol. The third-order valence-electron chi connectivity index (χ3n) is 2.79. The highest BCUT2D eigenvalue weighted by Gasteiger charge is 2.30. The van der Waals surface area contributed by atoms with Gasteiger partial charge in [0.05, 0.1) is 6.42 Å². The molecule has 0 saturated carbocycles. The number of alkyl halides is 3. The van der Waals surface area contributed by atoms with E-state index in [1.54, 1.807) is 24.3 Å². The molecule has 1 aromatic carbocycles. The van der Waals surface area contributed by atoms with Gasteiger partial charge in [0.15, 0.2) is 0 Å². The van der Waals surface area contributed by atoms with Crippen molar-refractivity contribution >= 4 is 11.9 Å². The Morgan fingerprint density at radius 1 is 1.23 bits per heavy atom. The van der Waals surface area contributed by atoms with E-state index >= 15 is 0 Å². The van der Waals surface area contributed by atoms with E-state index in [9.17, 15) is 18.0 Å². The number of amidine groups is 1. The first kappa shape index (κ1) is 19.9. The Labute approximate surface area is 128 Å². The second kappa shape index (κ2) is 9.07. The van der Waals surface area contributed by atoms with E-state index in [2.05, 4.69) is 0 Å². The number of nitrogens with zero attached hydrogens (tertiary/aromatic N) is 1. The molecule has 0 aliphatic rings. The average molecular weight is 317 g/mol. The smallest absolute Gasteiger partial charge is 0.351 e. The SMILES string of the molecule is CC.CCc1ccc(C(=N)N(CCC(F)(F)F)C(N)=O)cc1. The number of benzene rings is 1. The van der Waals surface area contributed by atoms with Crippen LogP contribution >= 0.6 is 0 Å². The van der Waals surface area contributed by atoms with E-state index in [1.165, 1.54) is 0 Å². The molecule has 0 aromatic heterocycles. The van der Waals surface area contributed by atoms with Crippen LogP contribution in [0.15, 0.2) is 24.3 Å². The van der Waals surface area contributed by atoms with Gasteiger partial charge in [-0.05, 0) is 12.0 Å². The molecule has 7 heteroatoms. The van der Waals surface area contributed by atoms with Crippen molar-refractivity contribution in [3.8, 4) is 0 Å². The molecule has 3 N–H and O–H groups in total. The lowest BCUT2D eigenvalue weighted by molar-refractivity contribution is -0.135. The normalized spacial score (nSPS) is 10.5. The third-order valence-corrected chi connectivity index (χ3v) is 2.79. The van der Waals surface area contributed by atoms with Crippen LogP contribution in [0.4, 0.5) is 18.0 Å². The van der Waals surface area contributed by atoms with Crippen LogP contribution in [0.25, 0.3) is 0 Å². The molecule has 0 heterocycles. The van der Waals surface area contributed by atoms with Gasteiger partial charge in [0.2, 0.25) is 0 Å². The second-order valence-electron chi connectivity index (χ2n) is 4.25. The summed E-state index contributed by atoms with van der Waals surface area (Å²) in [7, 11) is 0. The fourth-order valence-electron chi connectivity index (χ4n) is 1.62. The highest BCUT2D eigenvalue weighted by atomic mass is 19.4. The Morgan fingerprint density at radius 3 is 2.09 bits per heavy atom. The highest BCUT2D eigenvalue weighted by Crippen LogP contribution is 2.20. The molecule has 0 atom stereocenters. The quantitative estimate of drug-likeness (QED) is 0.641. The van der Waals surface area contributed by atoms with Crippen molar-refractivity contribution in [1.82, 2.24) is 4.90 Å². The summed E-state index contributed by atoms with van der Waals surface area (Å²) in [6, 6.07) is 5.62. The Morgan fingerprint density at radius 2 is 1.73 bits per heavy atom. The topological polar surface area (TPSA) is 70.2 Å². The number of carbonyl (C=O) groups excluding carboxylic acids is 1. The van der Waals surface area contributed by atoms with Crippen molar-refractivity contribution in [2.45, 2.75) is 39.8 Å². The maximum Gasteiger partial charge on any atom is 0.390 e. The minimum atomic E-state index is -4.40. The molecule has 1 rings (SSSR count). The number of hydrogen-bond acceptors (Lipinski definition) is 2. The van der Waals surface area contributed by atoms with Gasteiger partial charge in [-0.25, -0.2) is 4.79 Å². The van der Waals surface area contributed by atoms with E-state index in [-0.39, 0.29) is 5.84 Å². The summed E-state index contributed by atoms with van der Waals surface area (Å²) in [4.78, 5) is 11.8. The molecule has 1 aromatic rings. The van der Waals surface area contributed by atoms with Crippen molar-refractivity contribution in [2.24, 2.45) is 5.73 Å². The molecular weight excluding hydrogens is 295 g/mol. The first-order chi connectivity index (χ1) is 10.2. The lowest BCUT2D eigenvalue weighted by Gasteiger charge is -2.22. The van der Waals surface area contributed by atoms with Crippen molar-refractivity contribution in [3.05, 3.63) is 35.4 Å². The first-order valence-electron chi connectivity index (χ1n) is 7.06. The van der Waals surface area contributed by atoms with E-state index in [1.807, 2.05) is 20.8 Å². The van der Waals surface area contributed by atoms with E-state index in [0.717, 1.165) is 12.0 Å². The maximum atomic E-state index is 12.2. The van der Waals surface area contributed by atoms with Crippen LogP contribution in [0.1, 0.15) is 38.3 Å². The number of hydrogen-bond donors (Lipinski definition) is 2. The highest BCUT2D eigenvalue weighted by molar-refractivity contribution is 6.05. The second-order valence-corrected chi connectivity index (χ2v) is 4.25. The molecule has 4 nitrogen and oxygen atoms in total.